The number of imide groups is 1. The second-order valence-electron chi connectivity index (χ2n) is 6.51. The average Bonchev–Trinajstić information content (AvgIpc) is 3.18. The number of hydrogen-bond acceptors (Lipinski definition) is 5. The highest BCUT2D eigenvalue weighted by atomic mass is 16.5. The van der Waals surface area contributed by atoms with E-state index in [4.69, 9.17) is 10.5 Å². The van der Waals surface area contributed by atoms with Crippen molar-refractivity contribution in [1.82, 2.24) is 16.0 Å². The van der Waals surface area contributed by atoms with Crippen LogP contribution < -0.4 is 21.7 Å². The number of rotatable bonds is 5. The Balaban J connectivity index is 1.57. The van der Waals surface area contributed by atoms with Crippen molar-refractivity contribution in [1.29, 1.82) is 0 Å². The van der Waals surface area contributed by atoms with Crippen LogP contribution in [-0.4, -0.2) is 36.6 Å². The van der Waals surface area contributed by atoms with E-state index in [2.05, 4.69) is 16.0 Å². The third-order valence-electron chi connectivity index (χ3n) is 4.71. The molecule has 2 fully saturated rings. The summed E-state index contributed by atoms with van der Waals surface area (Å²) in [5.74, 6) is -0.527. The first kappa shape index (κ1) is 17.4. The van der Waals surface area contributed by atoms with E-state index < -0.39 is 17.7 Å². The number of urea groups is 1. The zero-order chi connectivity index (χ0) is 18.0. The van der Waals surface area contributed by atoms with Crippen LogP contribution in [0.25, 0.3) is 0 Å². The molecule has 0 spiro atoms. The minimum absolute atomic E-state index is 0.0384. The van der Waals surface area contributed by atoms with Crippen molar-refractivity contribution < 1.29 is 19.1 Å². The first-order valence-corrected chi connectivity index (χ1v) is 8.28. The predicted octanol–water partition coefficient (Wildman–Crippen LogP) is -0.136. The highest BCUT2D eigenvalue weighted by molar-refractivity contribution is 6.07. The Bertz CT molecular complexity index is 690. The van der Waals surface area contributed by atoms with Crippen molar-refractivity contribution in [2.45, 2.75) is 44.1 Å². The Morgan fingerprint density at radius 1 is 1.32 bits per heavy atom. The van der Waals surface area contributed by atoms with Crippen molar-refractivity contribution >= 4 is 17.8 Å². The van der Waals surface area contributed by atoms with Crippen LogP contribution in [0.5, 0.6) is 0 Å². The molecule has 0 aliphatic carbocycles. The Hall–Kier alpha value is -2.45. The molecule has 2 saturated heterocycles. The van der Waals surface area contributed by atoms with Gasteiger partial charge < -0.3 is 21.1 Å². The van der Waals surface area contributed by atoms with Gasteiger partial charge in [0.25, 0.3) is 5.91 Å². The van der Waals surface area contributed by atoms with Crippen molar-refractivity contribution in [3.63, 3.8) is 0 Å². The predicted molar refractivity (Wildman–Crippen MR) is 89.3 cm³/mol. The van der Waals surface area contributed by atoms with Gasteiger partial charge in [-0.2, -0.15) is 0 Å². The third kappa shape index (κ3) is 3.49. The number of hydrogen-bond donors (Lipinski definition) is 4. The van der Waals surface area contributed by atoms with Crippen LogP contribution in [0.15, 0.2) is 24.3 Å². The monoisotopic (exact) mass is 346 g/mol. The summed E-state index contributed by atoms with van der Waals surface area (Å²) in [5.41, 5.74) is 6.03. The Morgan fingerprint density at radius 3 is 2.60 bits per heavy atom. The first-order valence-electron chi connectivity index (χ1n) is 8.28. The SMILES string of the molecule is CC1(c2ccc(CNC(=O)[C@@H]3CC[C@H](CN)O3)cc2)NC(=O)NC1=O. The maximum atomic E-state index is 12.1. The molecule has 8 heteroatoms. The van der Waals surface area contributed by atoms with Gasteiger partial charge in [0.2, 0.25) is 5.91 Å². The van der Waals surface area contributed by atoms with Gasteiger partial charge in [-0.25, -0.2) is 4.79 Å². The number of nitrogens with two attached hydrogens (primary N) is 1. The average molecular weight is 346 g/mol. The van der Waals surface area contributed by atoms with E-state index in [0.29, 0.717) is 25.1 Å². The van der Waals surface area contributed by atoms with Gasteiger partial charge in [-0.1, -0.05) is 24.3 Å². The molecule has 2 aliphatic rings. The fraction of sp³-hybridized carbons (Fsp3) is 0.471. The fourth-order valence-corrected chi connectivity index (χ4v) is 3.08. The molecule has 0 radical (unpaired) electrons. The van der Waals surface area contributed by atoms with Crippen LogP contribution in [0.3, 0.4) is 0 Å². The molecule has 4 amide bonds. The van der Waals surface area contributed by atoms with Crippen LogP contribution in [0.2, 0.25) is 0 Å². The van der Waals surface area contributed by atoms with Gasteiger partial charge in [-0.3, -0.25) is 14.9 Å². The van der Waals surface area contributed by atoms with Gasteiger partial charge in [0.05, 0.1) is 6.10 Å². The Kier molecular flexibility index (Phi) is 4.73. The van der Waals surface area contributed by atoms with Crippen LogP contribution in [0, 0.1) is 0 Å². The summed E-state index contributed by atoms with van der Waals surface area (Å²) >= 11 is 0. The van der Waals surface area contributed by atoms with Gasteiger partial charge in [0.15, 0.2) is 0 Å². The molecule has 3 rings (SSSR count). The fourth-order valence-electron chi connectivity index (χ4n) is 3.08. The summed E-state index contributed by atoms with van der Waals surface area (Å²) in [7, 11) is 0. The highest BCUT2D eigenvalue weighted by Crippen LogP contribution is 2.24. The number of carbonyl (C=O) groups excluding carboxylic acids is 3. The summed E-state index contributed by atoms with van der Waals surface area (Å²) in [6.07, 6.45) is 1.00. The molecular weight excluding hydrogens is 324 g/mol. The number of carbonyl (C=O) groups is 3. The van der Waals surface area contributed by atoms with Gasteiger partial charge >= 0.3 is 6.03 Å². The smallest absolute Gasteiger partial charge is 0.322 e. The van der Waals surface area contributed by atoms with E-state index in [-0.39, 0.29) is 17.9 Å². The maximum absolute atomic E-state index is 12.1. The van der Waals surface area contributed by atoms with Gasteiger partial charge in [0.1, 0.15) is 11.6 Å². The molecule has 0 bridgehead atoms. The third-order valence-corrected chi connectivity index (χ3v) is 4.71. The van der Waals surface area contributed by atoms with Crippen LogP contribution >= 0.6 is 0 Å². The van der Waals surface area contributed by atoms with E-state index in [1.807, 2.05) is 12.1 Å². The Labute approximate surface area is 145 Å². The normalized spacial score (nSPS) is 28.6. The molecule has 134 valence electrons. The van der Waals surface area contributed by atoms with Crippen LogP contribution in [0.1, 0.15) is 30.9 Å². The molecule has 0 aromatic heterocycles. The molecular formula is C17H22N4O4. The van der Waals surface area contributed by atoms with E-state index in [0.717, 1.165) is 12.0 Å². The van der Waals surface area contributed by atoms with E-state index in [1.54, 1.807) is 19.1 Å². The summed E-state index contributed by atoms with van der Waals surface area (Å²) < 4.78 is 5.56. The molecule has 2 aliphatic heterocycles. The molecule has 25 heavy (non-hydrogen) atoms. The highest BCUT2D eigenvalue weighted by Gasteiger charge is 2.43. The van der Waals surface area contributed by atoms with Crippen molar-refractivity contribution in [2.75, 3.05) is 6.54 Å². The van der Waals surface area contributed by atoms with Gasteiger partial charge in [-0.05, 0) is 30.9 Å². The number of ether oxygens (including phenoxy) is 1. The van der Waals surface area contributed by atoms with Crippen molar-refractivity contribution in [3.8, 4) is 0 Å². The summed E-state index contributed by atoms with van der Waals surface area (Å²) in [5, 5.41) is 7.69. The molecule has 1 aromatic rings. The van der Waals surface area contributed by atoms with Crippen LogP contribution in [-0.2, 0) is 26.4 Å². The standard InChI is InChI=1S/C17H22N4O4/c1-17(15(23)20-16(24)21-17)11-4-2-10(3-5-11)9-19-14(22)13-7-6-12(8-18)25-13/h2-5,12-13H,6-9,18H2,1H3,(H,19,22)(H2,20,21,23,24)/t12-,13+,17?/m1/s1. The largest absolute Gasteiger partial charge is 0.364 e. The van der Waals surface area contributed by atoms with Gasteiger partial charge in [-0.15, -0.1) is 0 Å². The lowest BCUT2D eigenvalue weighted by Crippen LogP contribution is -2.40. The lowest BCUT2D eigenvalue weighted by atomic mass is 9.91. The zero-order valence-corrected chi connectivity index (χ0v) is 14.0. The molecule has 1 aromatic carbocycles. The van der Waals surface area contributed by atoms with E-state index >= 15 is 0 Å². The topological polar surface area (TPSA) is 123 Å². The molecule has 3 atom stereocenters. The number of nitrogens with one attached hydrogen (secondary N) is 3. The molecule has 0 saturated carbocycles. The lowest BCUT2D eigenvalue weighted by molar-refractivity contribution is -0.132. The summed E-state index contributed by atoms with van der Waals surface area (Å²) in [4.78, 5) is 35.4. The van der Waals surface area contributed by atoms with Crippen LogP contribution in [0.4, 0.5) is 4.79 Å². The first-order chi connectivity index (χ1) is 11.9. The maximum Gasteiger partial charge on any atom is 0.322 e. The number of amides is 4. The zero-order valence-electron chi connectivity index (χ0n) is 14.0. The second-order valence-corrected chi connectivity index (χ2v) is 6.51. The molecule has 5 N–H and O–H groups in total. The minimum atomic E-state index is -1.08. The summed E-state index contributed by atoms with van der Waals surface area (Å²) in [6, 6.07) is 6.66. The minimum Gasteiger partial charge on any atom is -0.364 e. The molecule has 8 nitrogen and oxygen atoms in total. The van der Waals surface area contributed by atoms with E-state index in [9.17, 15) is 14.4 Å². The van der Waals surface area contributed by atoms with Crippen molar-refractivity contribution in [3.05, 3.63) is 35.4 Å². The van der Waals surface area contributed by atoms with E-state index in [1.165, 1.54) is 0 Å². The second kappa shape index (κ2) is 6.81. The van der Waals surface area contributed by atoms with Crippen molar-refractivity contribution in [2.24, 2.45) is 5.73 Å². The van der Waals surface area contributed by atoms with Gasteiger partial charge in [0, 0.05) is 13.1 Å². The number of benzene rings is 1. The molecule has 1 unspecified atom stereocenters. The quantitative estimate of drug-likeness (QED) is 0.553. The molecule has 2 heterocycles. The summed E-state index contributed by atoms with van der Waals surface area (Å²) in [6.45, 7) is 2.44. The Morgan fingerprint density at radius 2 is 2.04 bits per heavy atom. The lowest BCUT2D eigenvalue weighted by Gasteiger charge is -2.21.